The van der Waals surface area contributed by atoms with Crippen LogP contribution in [0, 0.1) is 0 Å². The number of hydrogen-bond donors (Lipinski definition) is 1. The quantitative estimate of drug-likeness (QED) is 0.681. The number of carbonyl (C=O) groups excluding carboxylic acids is 1. The predicted octanol–water partition coefficient (Wildman–Crippen LogP) is 2.30. The zero-order valence-corrected chi connectivity index (χ0v) is 15.4. The molecule has 0 unspecified atom stereocenters. The van der Waals surface area contributed by atoms with Gasteiger partial charge in [-0.15, -0.1) is 0 Å². The van der Waals surface area contributed by atoms with Crippen molar-refractivity contribution in [2.45, 2.75) is 17.9 Å². The molecule has 1 aliphatic rings. The van der Waals surface area contributed by atoms with E-state index >= 15 is 0 Å². The van der Waals surface area contributed by atoms with Crippen molar-refractivity contribution in [3.8, 4) is 0 Å². The molecule has 2 heterocycles. The van der Waals surface area contributed by atoms with Gasteiger partial charge in [-0.1, -0.05) is 24.3 Å². The molecular formula is C18H16F2N4O3S. The van der Waals surface area contributed by atoms with Crippen LogP contribution in [0.3, 0.4) is 0 Å². The van der Waals surface area contributed by atoms with Crippen LogP contribution >= 0.6 is 0 Å². The molecule has 0 aliphatic carbocycles. The average Bonchev–Trinajstić information content (AvgIpc) is 3.21. The fourth-order valence-electron chi connectivity index (χ4n) is 3.34. The maximum atomic E-state index is 12.8. The minimum Gasteiger partial charge on any atom is -0.354 e. The number of amides is 1. The van der Waals surface area contributed by atoms with E-state index in [0.29, 0.717) is 15.6 Å². The van der Waals surface area contributed by atoms with Crippen LogP contribution in [0.4, 0.5) is 14.5 Å². The van der Waals surface area contributed by atoms with Crippen LogP contribution in [0.25, 0.3) is 10.8 Å². The van der Waals surface area contributed by atoms with E-state index in [4.69, 9.17) is 0 Å². The second-order valence-corrected chi connectivity index (χ2v) is 8.10. The molecule has 0 spiro atoms. The van der Waals surface area contributed by atoms with Gasteiger partial charge in [0.2, 0.25) is 5.91 Å². The Labute approximate surface area is 159 Å². The van der Waals surface area contributed by atoms with Crippen LogP contribution in [0.1, 0.15) is 12.4 Å². The van der Waals surface area contributed by atoms with Crippen LogP contribution < -0.4 is 9.62 Å². The number of benzene rings is 2. The van der Waals surface area contributed by atoms with Crippen LogP contribution in [-0.2, 0) is 21.2 Å². The smallest absolute Gasteiger partial charge is 0.319 e. The summed E-state index contributed by atoms with van der Waals surface area (Å²) >= 11 is 0. The molecule has 1 aliphatic heterocycles. The van der Waals surface area contributed by atoms with Crippen LogP contribution in [0.5, 0.6) is 0 Å². The Bertz CT molecular complexity index is 1160. The molecule has 3 aromatic rings. The SMILES string of the molecule is O=C(CN1c2cccc3cccc(c23)S1(=O)=O)NCCc1nccn1C(F)F. The molecule has 0 saturated carbocycles. The van der Waals surface area contributed by atoms with Gasteiger partial charge in [-0.25, -0.2) is 13.4 Å². The summed E-state index contributed by atoms with van der Waals surface area (Å²) < 4.78 is 53.1. The van der Waals surface area contributed by atoms with Gasteiger partial charge in [0.15, 0.2) is 0 Å². The Hall–Kier alpha value is -3.01. The van der Waals surface area contributed by atoms with Crippen molar-refractivity contribution in [3.63, 3.8) is 0 Å². The molecule has 10 heteroatoms. The summed E-state index contributed by atoms with van der Waals surface area (Å²) in [6.07, 6.45) is 2.53. The highest BCUT2D eigenvalue weighted by molar-refractivity contribution is 7.93. The summed E-state index contributed by atoms with van der Waals surface area (Å²) in [5.41, 5.74) is 0.455. The lowest BCUT2D eigenvalue weighted by Gasteiger charge is -2.18. The maximum Gasteiger partial charge on any atom is 0.319 e. The van der Waals surface area contributed by atoms with E-state index in [0.717, 1.165) is 15.9 Å². The molecule has 2 aromatic carbocycles. The fourth-order valence-corrected chi connectivity index (χ4v) is 5.01. The summed E-state index contributed by atoms with van der Waals surface area (Å²) in [5.74, 6) is -0.384. The molecule has 0 saturated heterocycles. The highest BCUT2D eigenvalue weighted by atomic mass is 32.2. The first-order chi connectivity index (χ1) is 13.4. The average molecular weight is 406 g/mol. The van der Waals surface area contributed by atoms with Gasteiger partial charge >= 0.3 is 6.55 Å². The van der Waals surface area contributed by atoms with Gasteiger partial charge in [-0.2, -0.15) is 8.78 Å². The van der Waals surface area contributed by atoms with Gasteiger partial charge in [-0.05, 0) is 17.5 Å². The molecule has 1 aromatic heterocycles. The van der Waals surface area contributed by atoms with E-state index < -0.39 is 22.5 Å². The molecule has 0 bridgehead atoms. The maximum absolute atomic E-state index is 12.8. The van der Waals surface area contributed by atoms with E-state index in [1.165, 1.54) is 12.3 Å². The Morgan fingerprint density at radius 1 is 1.18 bits per heavy atom. The molecule has 0 radical (unpaired) electrons. The summed E-state index contributed by atoms with van der Waals surface area (Å²) in [7, 11) is -3.82. The fraction of sp³-hybridized carbons (Fsp3) is 0.222. The Morgan fingerprint density at radius 2 is 1.93 bits per heavy atom. The van der Waals surface area contributed by atoms with Crippen molar-refractivity contribution < 1.29 is 22.0 Å². The van der Waals surface area contributed by atoms with Crippen molar-refractivity contribution in [3.05, 3.63) is 54.6 Å². The number of aromatic nitrogens is 2. The zero-order chi connectivity index (χ0) is 19.9. The summed E-state index contributed by atoms with van der Waals surface area (Å²) in [6, 6.07) is 10.2. The number of carbonyl (C=O) groups is 1. The standard InChI is InChI=1S/C18H16F2N4O3S/c19-18(20)23-10-9-21-15(23)7-8-22-16(25)11-24-13-5-1-3-12-4-2-6-14(17(12)13)28(24,26)27/h1-6,9-10,18H,7-8,11H2,(H,22,25). The Balaban J connectivity index is 1.47. The molecular weight excluding hydrogens is 390 g/mol. The van der Waals surface area contributed by atoms with E-state index in [9.17, 15) is 22.0 Å². The molecule has 7 nitrogen and oxygen atoms in total. The lowest BCUT2D eigenvalue weighted by Crippen LogP contribution is -2.39. The summed E-state index contributed by atoms with van der Waals surface area (Å²) in [5, 5.41) is 3.94. The normalized spacial score (nSPS) is 14.8. The van der Waals surface area contributed by atoms with E-state index in [1.807, 2.05) is 12.1 Å². The molecule has 146 valence electrons. The second-order valence-electron chi connectivity index (χ2n) is 6.27. The number of anilines is 1. The molecule has 0 atom stereocenters. The third-order valence-corrected chi connectivity index (χ3v) is 6.40. The van der Waals surface area contributed by atoms with Crippen LogP contribution in [-0.4, -0.2) is 37.0 Å². The first-order valence-corrected chi connectivity index (χ1v) is 9.94. The summed E-state index contributed by atoms with van der Waals surface area (Å²) in [6.45, 7) is -3.03. The van der Waals surface area contributed by atoms with Gasteiger partial charge in [-0.3, -0.25) is 13.7 Å². The first-order valence-electron chi connectivity index (χ1n) is 8.50. The monoisotopic (exact) mass is 406 g/mol. The number of nitrogens with one attached hydrogen (secondary N) is 1. The number of nitrogens with zero attached hydrogens (tertiary/aromatic N) is 3. The molecule has 1 amide bonds. The van der Waals surface area contributed by atoms with E-state index in [2.05, 4.69) is 10.3 Å². The van der Waals surface area contributed by atoms with Gasteiger partial charge in [0.25, 0.3) is 10.0 Å². The topological polar surface area (TPSA) is 84.3 Å². The highest BCUT2D eigenvalue weighted by Crippen LogP contribution is 2.41. The number of rotatable bonds is 6. The number of halogens is 2. The van der Waals surface area contributed by atoms with Crippen LogP contribution in [0.2, 0.25) is 0 Å². The van der Waals surface area contributed by atoms with Crippen LogP contribution in [0.15, 0.2) is 53.7 Å². The molecule has 1 N–H and O–H groups in total. The van der Waals surface area contributed by atoms with Gasteiger partial charge in [0.05, 0.1) is 10.6 Å². The minimum absolute atomic E-state index is 0.0631. The van der Waals surface area contributed by atoms with E-state index in [1.54, 1.807) is 18.2 Å². The predicted molar refractivity (Wildman–Crippen MR) is 98.7 cm³/mol. The highest BCUT2D eigenvalue weighted by Gasteiger charge is 2.36. The number of sulfonamides is 1. The van der Waals surface area contributed by atoms with Crippen molar-refractivity contribution in [2.75, 3.05) is 17.4 Å². The third kappa shape index (κ3) is 2.99. The van der Waals surface area contributed by atoms with Crippen molar-refractivity contribution in [1.82, 2.24) is 14.9 Å². The van der Waals surface area contributed by atoms with Gasteiger partial charge < -0.3 is 5.32 Å². The Kier molecular flexibility index (Phi) is 4.50. The lowest BCUT2D eigenvalue weighted by atomic mass is 10.1. The number of alkyl halides is 2. The van der Waals surface area contributed by atoms with Crippen molar-refractivity contribution >= 4 is 32.4 Å². The van der Waals surface area contributed by atoms with Gasteiger partial charge in [0, 0.05) is 30.7 Å². The number of imidazole rings is 1. The van der Waals surface area contributed by atoms with E-state index in [-0.39, 0.29) is 30.2 Å². The molecule has 28 heavy (non-hydrogen) atoms. The Morgan fingerprint density at radius 3 is 2.68 bits per heavy atom. The van der Waals surface area contributed by atoms with Gasteiger partial charge in [0.1, 0.15) is 12.4 Å². The largest absolute Gasteiger partial charge is 0.354 e. The molecule has 4 rings (SSSR count). The third-order valence-electron chi connectivity index (χ3n) is 4.60. The minimum atomic E-state index is -3.82. The van der Waals surface area contributed by atoms with Crippen molar-refractivity contribution in [1.29, 1.82) is 0 Å². The molecule has 0 fully saturated rings. The second kappa shape index (κ2) is 6.86. The van der Waals surface area contributed by atoms with Crippen molar-refractivity contribution in [2.24, 2.45) is 0 Å². The first kappa shape index (κ1) is 18.4. The lowest BCUT2D eigenvalue weighted by molar-refractivity contribution is -0.119. The zero-order valence-electron chi connectivity index (χ0n) is 14.5. The number of hydrogen-bond acceptors (Lipinski definition) is 4. The summed E-state index contributed by atoms with van der Waals surface area (Å²) in [4.78, 5) is 16.3.